The number of tetrazole rings is 1. The van der Waals surface area contributed by atoms with E-state index in [1.165, 1.54) is 5.56 Å². The van der Waals surface area contributed by atoms with Gasteiger partial charge in [-0.1, -0.05) is 11.6 Å². The second-order valence-electron chi connectivity index (χ2n) is 6.68. The van der Waals surface area contributed by atoms with Crippen molar-refractivity contribution in [3.63, 3.8) is 0 Å². The summed E-state index contributed by atoms with van der Waals surface area (Å²) in [6.45, 7) is 5.52. The lowest BCUT2D eigenvalue weighted by Crippen LogP contribution is -2.35. The molecule has 1 fully saturated rings. The zero-order valence-corrected chi connectivity index (χ0v) is 14.5. The van der Waals surface area contributed by atoms with E-state index in [1.54, 1.807) is 11.4 Å². The van der Waals surface area contributed by atoms with E-state index >= 15 is 0 Å². The summed E-state index contributed by atoms with van der Waals surface area (Å²) in [7, 11) is 0. The van der Waals surface area contributed by atoms with Gasteiger partial charge in [-0.2, -0.15) is 4.52 Å². The summed E-state index contributed by atoms with van der Waals surface area (Å²) < 4.78 is 7.43. The van der Waals surface area contributed by atoms with Crippen molar-refractivity contribution in [2.75, 3.05) is 13.2 Å². The predicted molar refractivity (Wildman–Crippen MR) is 93.1 cm³/mol. The molecule has 1 unspecified atom stereocenters. The Morgan fingerprint density at radius 1 is 1.40 bits per heavy atom. The lowest BCUT2D eigenvalue weighted by molar-refractivity contribution is -0.131. The van der Waals surface area contributed by atoms with Crippen LogP contribution in [-0.2, 0) is 16.1 Å². The Balaban J connectivity index is 1.72. The Hall–Kier alpha value is -2.54. The van der Waals surface area contributed by atoms with Gasteiger partial charge in [-0.05, 0) is 48.4 Å². The summed E-state index contributed by atoms with van der Waals surface area (Å²) in [6, 6.07) is 8.26. The van der Waals surface area contributed by atoms with Crippen molar-refractivity contribution >= 4 is 22.5 Å². The quantitative estimate of drug-likeness (QED) is 0.728. The van der Waals surface area contributed by atoms with Crippen molar-refractivity contribution < 1.29 is 9.53 Å². The van der Waals surface area contributed by atoms with Gasteiger partial charge >= 0.3 is 0 Å². The highest BCUT2D eigenvalue weighted by Gasteiger charge is 2.22. The number of pyridine rings is 1. The molecule has 0 radical (unpaired) electrons. The van der Waals surface area contributed by atoms with E-state index in [0.717, 1.165) is 35.9 Å². The standard InChI is InChI=1S/C18H21N5O2/c1-12-5-6-17-14(8-12)9-15(18-19-20-21-23(17)18)10-22(13(2)24)11-16-4-3-7-25-16/h5-6,8-9,16H,3-4,7,10-11H2,1-2H3. The first-order valence-electron chi connectivity index (χ1n) is 8.59. The molecule has 1 aromatic carbocycles. The lowest BCUT2D eigenvalue weighted by Gasteiger charge is -2.24. The fourth-order valence-electron chi connectivity index (χ4n) is 3.44. The SMILES string of the molecule is CC(=O)N(Cc1cc2cc(C)ccc2n2nnnc12)CC1CCCO1. The van der Waals surface area contributed by atoms with Crippen LogP contribution in [0.15, 0.2) is 24.3 Å². The Morgan fingerprint density at radius 2 is 2.28 bits per heavy atom. The van der Waals surface area contributed by atoms with Gasteiger partial charge in [-0.15, -0.1) is 5.10 Å². The van der Waals surface area contributed by atoms with Crippen LogP contribution in [0.4, 0.5) is 0 Å². The van der Waals surface area contributed by atoms with Crippen LogP contribution in [0.25, 0.3) is 16.6 Å². The molecule has 4 rings (SSSR count). The number of aromatic nitrogens is 4. The molecule has 1 amide bonds. The van der Waals surface area contributed by atoms with Gasteiger partial charge in [-0.25, -0.2) is 0 Å². The van der Waals surface area contributed by atoms with Crippen molar-refractivity contribution in [1.82, 2.24) is 24.9 Å². The van der Waals surface area contributed by atoms with Crippen LogP contribution in [0, 0.1) is 6.92 Å². The van der Waals surface area contributed by atoms with Gasteiger partial charge in [0.05, 0.1) is 11.6 Å². The molecular weight excluding hydrogens is 318 g/mol. The van der Waals surface area contributed by atoms with Crippen molar-refractivity contribution in [3.05, 3.63) is 35.4 Å². The van der Waals surface area contributed by atoms with Crippen LogP contribution >= 0.6 is 0 Å². The fourth-order valence-corrected chi connectivity index (χ4v) is 3.44. The molecule has 0 spiro atoms. The van der Waals surface area contributed by atoms with Crippen LogP contribution in [0.3, 0.4) is 0 Å². The summed E-state index contributed by atoms with van der Waals surface area (Å²) in [5, 5.41) is 13.2. The molecular formula is C18H21N5O2. The molecule has 0 N–H and O–H groups in total. The first-order valence-corrected chi connectivity index (χ1v) is 8.59. The Bertz CT molecular complexity index is 930. The Kier molecular flexibility index (Phi) is 4.09. The second kappa shape index (κ2) is 6.40. The molecule has 3 heterocycles. The summed E-state index contributed by atoms with van der Waals surface area (Å²) in [6.07, 6.45) is 2.19. The van der Waals surface area contributed by atoms with Crippen LogP contribution in [-0.4, -0.2) is 50.1 Å². The summed E-state index contributed by atoms with van der Waals surface area (Å²) in [5.41, 5.74) is 3.77. The number of hydrogen-bond donors (Lipinski definition) is 0. The van der Waals surface area contributed by atoms with Gasteiger partial charge in [0.25, 0.3) is 0 Å². The minimum atomic E-state index is 0.0328. The summed E-state index contributed by atoms with van der Waals surface area (Å²) in [4.78, 5) is 14.0. The molecule has 1 saturated heterocycles. The number of amides is 1. The normalized spacial score (nSPS) is 17.4. The van der Waals surface area contributed by atoms with Crippen LogP contribution in [0.5, 0.6) is 0 Å². The highest BCUT2D eigenvalue weighted by atomic mass is 16.5. The number of aryl methyl sites for hydroxylation is 1. The average Bonchev–Trinajstić information content (AvgIpc) is 3.25. The zero-order valence-electron chi connectivity index (χ0n) is 14.5. The molecule has 1 aliphatic rings. The maximum atomic E-state index is 12.1. The van der Waals surface area contributed by atoms with Crippen molar-refractivity contribution in [1.29, 1.82) is 0 Å². The van der Waals surface area contributed by atoms with E-state index in [0.29, 0.717) is 18.7 Å². The zero-order chi connectivity index (χ0) is 17.4. The third-order valence-corrected chi connectivity index (χ3v) is 4.75. The van der Waals surface area contributed by atoms with Gasteiger partial charge in [0.15, 0.2) is 5.65 Å². The molecule has 1 atom stereocenters. The summed E-state index contributed by atoms with van der Waals surface area (Å²) in [5.74, 6) is 0.0328. The second-order valence-corrected chi connectivity index (χ2v) is 6.68. The monoisotopic (exact) mass is 339 g/mol. The molecule has 0 saturated carbocycles. The number of fused-ring (bicyclic) bond motifs is 3. The van der Waals surface area contributed by atoms with E-state index in [2.05, 4.69) is 34.6 Å². The molecule has 7 heteroatoms. The summed E-state index contributed by atoms with van der Waals surface area (Å²) >= 11 is 0. The van der Waals surface area contributed by atoms with E-state index in [4.69, 9.17) is 4.74 Å². The molecule has 130 valence electrons. The lowest BCUT2D eigenvalue weighted by atomic mass is 10.1. The van der Waals surface area contributed by atoms with Crippen LogP contribution < -0.4 is 0 Å². The highest BCUT2D eigenvalue weighted by molar-refractivity contribution is 5.84. The van der Waals surface area contributed by atoms with Crippen molar-refractivity contribution in [2.24, 2.45) is 0 Å². The maximum absolute atomic E-state index is 12.1. The van der Waals surface area contributed by atoms with Crippen molar-refractivity contribution in [3.8, 4) is 0 Å². The third-order valence-electron chi connectivity index (χ3n) is 4.75. The molecule has 2 aromatic heterocycles. The minimum Gasteiger partial charge on any atom is -0.376 e. The Morgan fingerprint density at radius 3 is 3.04 bits per heavy atom. The molecule has 25 heavy (non-hydrogen) atoms. The van der Waals surface area contributed by atoms with Gasteiger partial charge in [0.1, 0.15) is 0 Å². The van der Waals surface area contributed by atoms with Gasteiger partial charge in [0, 0.05) is 37.6 Å². The number of carbonyl (C=O) groups is 1. The maximum Gasteiger partial charge on any atom is 0.219 e. The fraction of sp³-hybridized carbons (Fsp3) is 0.444. The number of carbonyl (C=O) groups excluding carboxylic acids is 1. The molecule has 0 aliphatic carbocycles. The first-order chi connectivity index (χ1) is 12.1. The van der Waals surface area contributed by atoms with Gasteiger partial charge in [-0.3, -0.25) is 4.79 Å². The van der Waals surface area contributed by atoms with E-state index in [1.807, 2.05) is 17.0 Å². The number of rotatable bonds is 4. The molecule has 0 bridgehead atoms. The number of ether oxygens (including phenoxy) is 1. The predicted octanol–water partition coefficient (Wildman–Crippen LogP) is 2.11. The third kappa shape index (κ3) is 3.07. The van der Waals surface area contributed by atoms with E-state index < -0.39 is 0 Å². The number of benzene rings is 1. The largest absolute Gasteiger partial charge is 0.376 e. The van der Waals surface area contributed by atoms with Crippen LogP contribution in [0.2, 0.25) is 0 Å². The number of hydrogen-bond acceptors (Lipinski definition) is 5. The van der Waals surface area contributed by atoms with Crippen LogP contribution in [0.1, 0.15) is 30.9 Å². The molecule has 7 nitrogen and oxygen atoms in total. The van der Waals surface area contributed by atoms with Crippen molar-refractivity contribution in [2.45, 2.75) is 39.3 Å². The van der Waals surface area contributed by atoms with E-state index in [-0.39, 0.29) is 12.0 Å². The average molecular weight is 339 g/mol. The smallest absolute Gasteiger partial charge is 0.219 e. The highest BCUT2D eigenvalue weighted by Crippen LogP contribution is 2.22. The Labute approximate surface area is 145 Å². The topological polar surface area (TPSA) is 72.6 Å². The van der Waals surface area contributed by atoms with Gasteiger partial charge in [0.2, 0.25) is 5.91 Å². The number of nitrogens with zero attached hydrogens (tertiary/aromatic N) is 5. The first kappa shape index (κ1) is 16.0. The molecule has 1 aliphatic heterocycles. The minimum absolute atomic E-state index is 0.0328. The van der Waals surface area contributed by atoms with E-state index in [9.17, 15) is 4.79 Å². The molecule has 3 aromatic rings. The van der Waals surface area contributed by atoms with Gasteiger partial charge < -0.3 is 9.64 Å².